The first-order chi connectivity index (χ1) is 17.0. The lowest BCUT2D eigenvalue weighted by molar-refractivity contribution is -0.148. The molecule has 0 saturated carbocycles. The third-order valence-corrected chi connectivity index (χ3v) is 5.97. The lowest BCUT2D eigenvalue weighted by Crippen LogP contribution is -2.33. The van der Waals surface area contributed by atoms with Crippen molar-refractivity contribution in [1.29, 1.82) is 0 Å². The van der Waals surface area contributed by atoms with E-state index < -0.39 is 29.6 Å². The number of nitrogens with one attached hydrogen (secondary N) is 1. The van der Waals surface area contributed by atoms with Crippen molar-refractivity contribution in [1.82, 2.24) is 9.55 Å². The summed E-state index contributed by atoms with van der Waals surface area (Å²) in [5.74, 6) is -0.339. The maximum absolute atomic E-state index is 12.1. The first-order valence-electron chi connectivity index (χ1n) is 12.1. The van der Waals surface area contributed by atoms with E-state index in [0.717, 1.165) is 57.8 Å². The van der Waals surface area contributed by atoms with Gasteiger partial charge < -0.3 is 9.47 Å². The first-order valence-corrected chi connectivity index (χ1v) is 12.1. The zero-order chi connectivity index (χ0) is 25.5. The van der Waals surface area contributed by atoms with E-state index in [2.05, 4.69) is 25.0 Å². The molecule has 1 aromatic rings. The van der Waals surface area contributed by atoms with Crippen LogP contribution in [0.1, 0.15) is 82.4 Å². The third kappa shape index (κ3) is 9.86. The van der Waals surface area contributed by atoms with Crippen molar-refractivity contribution in [2.75, 3.05) is 13.2 Å². The van der Waals surface area contributed by atoms with Crippen LogP contribution in [0.3, 0.4) is 0 Å². The van der Waals surface area contributed by atoms with Crippen molar-refractivity contribution in [3.8, 4) is 0 Å². The highest BCUT2D eigenvalue weighted by Gasteiger charge is 2.37. The zero-order valence-corrected chi connectivity index (χ0v) is 20.2. The van der Waals surface area contributed by atoms with Crippen molar-refractivity contribution in [2.24, 2.45) is 10.2 Å². The molecule has 1 saturated heterocycles. The van der Waals surface area contributed by atoms with E-state index in [1.807, 2.05) is 0 Å². The topological polar surface area (TPSA) is 188 Å². The predicted molar refractivity (Wildman–Crippen MR) is 129 cm³/mol. The summed E-state index contributed by atoms with van der Waals surface area (Å²) in [7, 11) is 0. The average Bonchev–Trinajstić information content (AvgIpc) is 3.23. The lowest BCUT2D eigenvalue weighted by atomic mass is 10.1. The van der Waals surface area contributed by atoms with E-state index in [1.165, 1.54) is 10.8 Å². The minimum atomic E-state index is -0.733. The van der Waals surface area contributed by atoms with Crippen molar-refractivity contribution < 1.29 is 14.3 Å². The number of rotatable bonds is 16. The van der Waals surface area contributed by atoms with Gasteiger partial charge in [0.1, 0.15) is 18.9 Å². The molecular weight excluding hydrogens is 456 g/mol. The second-order valence-corrected chi connectivity index (χ2v) is 8.69. The second kappa shape index (κ2) is 15.6. The Balaban J connectivity index is 1.65. The number of carbonyl (C=O) groups excluding carboxylic acids is 1. The number of hydrogen-bond donors (Lipinski definition) is 1. The number of ether oxygens (including phenoxy) is 2. The van der Waals surface area contributed by atoms with Crippen molar-refractivity contribution in [2.45, 2.75) is 95.9 Å². The molecule has 0 bridgehead atoms. The third-order valence-electron chi connectivity index (χ3n) is 5.97. The van der Waals surface area contributed by atoms with Crippen LogP contribution in [0.5, 0.6) is 0 Å². The normalized spacial score (nSPS) is 19.1. The first kappa shape index (κ1) is 28.0. The number of aryl methyl sites for hydroxylation is 1. The quantitative estimate of drug-likeness (QED) is 0.117. The second-order valence-electron chi connectivity index (χ2n) is 8.69. The molecular formula is C22H34N8O5. The number of unbranched alkanes of at least 4 members (excludes halogenated alkanes) is 8. The molecule has 13 nitrogen and oxygen atoms in total. The molecule has 1 N–H and O–H groups in total. The minimum absolute atomic E-state index is 0.0736. The number of hydrogen-bond acceptors (Lipinski definition) is 7. The Morgan fingerprint density at radius 1 is 1.11 bits per heavy atom. The largest absolute Gasteiger partial charge is 0.463 e. The molecule has 1 aliphatic rings. The molecule has 13 heteroatoms. The molecule has 0 aromatic carbocycles. The highest BCUT2D eigenvalue weighted by Crippen LogP contribution is 2.30. The number of H-pyrrole nitrogens is 1. The van der Waals surface area contributed by atoms with Gasteiger partial charge in [0.05, 0.1) is 6.04 Å². The molecule has 3 unspecified atom stereocenters. The predicted octanol–water partition coefficient (Wildman–Crippen LogP) is 4.57. The van der Waals surface area contributed by atoms with Crippen LogP contribution >= 0.6 is 0 Å². The Kier molecular flexibility index (Phi) is 12.5. The van der Waals surface area contributed by atoms with E-state index in [0.29, 0.717) is 18.5 Å². The van der Waals surface area contributed by atoms with Gasteiger partial charge in [-0.1, -0.05) is 55.2 Å². The van der Waals surface area contributed by atoms with Crippen molar-refractivity contribution in [3.63, 3.8) is 0 Å². The molecule has 1 aliphatic heterocycles. The Morgan fingerprint density at radius 2 is 1.77 bits per heavy atom. The maximum atomic E-state index is 12.1. The van der Waals surface area contributed by atoms with Gasteiger partial charge in [-0.05, 0) is 30.8 Å². The fourth-order valence-electron chi connectivity index (χ4n) is 4.01. The molecule has 2 heterocycles. The van der Waals surface area contributed by atoms with Crippen LogP contribution in [0, 0.1) is 6.92 Å². The van der Waals surface area contributed by atoms with Crippen LogP contribution in [-0.2, 0) is 14.3 Å². The molecule has 0 radical (unpaired) electrons. The standard InChI is InChI=1S/C22H34N8O5/c1-16-14-30(22(33)26-21(16)32)19-13-17(27-29-24)18(35-19)15-34-20(31)11-9-7-5-3-2-4-6-8-10-12-25-28-23/h14,17-19H,2-13,15H2,1H3,(H,26,32,33). The number of nitrogens with zero attached hydrogens (tertiary/aromatic N) is 7. The molecule has 0 amide bonds. The van der Waals surface area contributed by atoms with Gasteiger partial charge in [-0.15, -0.1) is 0 Å². The number of carbonyl (C=O) groups is 1. The highest BCUT2D eigenvalue weighted by molar-refractivity contribution is 5.69. The fraction of sp³-hybridized carbons (Fsp3) is 0.773. The highest BCUT2D eigenvalue weighted by atomic mass is 16.6. The van der Waals surface area contributed by atoms with Gasteiger partial charge in [-0.3, -0.25) is 19.1 Å². The van der Waals surface area contributed by atoms with E-state index >= 15 is 0 Å². The van der Waals surface area contributed by atoms with Crippen LogP contribution in [-0.4, -0.2) is 40.8 Å². The van der Waals surface area contributed by atoms with Crippen LogP contribution in [0.2, 0.25) is 0 Å². The Bertz CT molecular complexity index is 1030. The van der Waals surface area contributed by atoms with Gasteiger partial charge in [0.25, 0.3) is 5.56 Å². The summed E-state index contributed by atoms with van der Waals surface area (Å²) in [6, 6.07) is -0.601. The minimum Gasteiger partial charge on any atom is -0.463 e. The van der Waals surface area contributed by atoms with Crippen LogP contribution < -0.4 is 11.2 Å². The Hall–Kier alpha value is -3.27. The summed E-state index contributed by atoms with van der Waals surface area (Å²) in [5, 5.41) is 7.24. The van der Waals surface area contributed by atoms with Gasteiger partial charge in [0.15, 0.2) is 0 Å². The van der Waals surface area contributed by atoms with E-state index in [1.54, 1.807) is 6.92 Å². The molecule has 3 atom stereocenters. The summed E-state index contributed by atoms with van der Waals surface area (Å²) in [6.45, 7) is 2.07. The van der Waals surface area contributed by atoms with E-state index in [-0.39, 0.29) is 19.0 Å². The SMILES string of the molecule is Cc1cn(C2CC(N=[N+]=[N-])C(COC(=O)CCCCCCCCCCCN=[N+]=[N-])O2)c(=O)[nH]c1=O. The number of esters is 1. The van der Waals surface area contributed by atoms with Crippen molar-refractivity contribution in [3.05, 3.63) is 53.5 Å². The molecule has 192 valence electrons. The summed E-state index contributed by atoms with van der Waals surface area (Å²) < 4.78 is 12.4. The van der Waals surface area contributed by atoms with Crippen LogP contribution in [0.4, 0.5) is 0 Å². The molecule has 2 rings (SSSR count). The molecule has 0 aliphatic carbocycles. The summed E-state index contributed by atoms with van der Waals surface area (Å²) in [4.78, 5) is 43.6. The van der Waals surface area contributed by atoms with Gasteiger partial charge in [-0.25, -0.2) is 4.79 Å². The maximum Gasteiger partial charge on any atom is 0.330 e. The molecule has 35 heavy (non-hydrogen) atoms. The van der Waals surface area contributed by atoms with Crippen LogP contribution in [0.15, 0.2) is 26.0 Å². The molecule has 0 spiro atoms. The van der Waals surface area contributed by atoms with Gasteiger partial charge >= 0.3 is 11.7 Å². The Morgan fingerprint density at radius 3 is 2.43 bits per heavy atom. The van der Waals surface area contributed by atoms with Gasteiger partial charge in [-0.2, -0.15) is 0 Å². The Labute approximate surface area is 203 Å². The zero-order valence-electron chi connectivity index (χ0n) is 20.2. The monoisotopic (exact) mass is 490 g/mol. The summed E-state index contributed by atoms with van der Waals surface area (Å²) in [6.07, 6.45) is 9.89. The van der Waals surface area contributed by atoms with Crippen molar-refractivity contribution >= 4 is 5.97 Å². The summed E-state index contributed by atoms with van der Waals surface area (Å²) >= 11 is 0. The molecule has 1 aromatic heterocycles. The van der Waals surface area contributed by atoms with Crippen LogP contribution in [0.25, 0.3) is 20.9 Å². The van der Waals surface area contributed by atoms with E-state index in [9.17, 15) is 14.4 Å². The number of aromatic amines is 1. The van der Waals surface area contributed by atoms with Gasteiger partial charge in [0.2, 0.25) is 0 Å². The average molecular weight is 491 g/mol. The van der Waals surface area contributed by atoms with Gasteiger partial charge in [0, 0.05) is 41.0 Å². The summed E-state index contributed by atoms with van der Waals surface area (Å²) in [5.41, 5.74) is 16.3. The van der Waals surface area contributed by atoms with E-state index in [4.69, 9.17) is 20.5 Å². The number of azide groups is 2. The lowest BCUT2D eigenvalue weighted by Gasteiger charge is -2.17. The number of aromatic nitrogens is 2. The fourth-order valence-corrected chi connectivity index (χ4v) is 4.01. The molecule has 1 fully saturated rings. The smallest absolute Gasteiger partial charge is 0.330 e.